The van der Waals surface area contributed by atoms with Crippen molar-refractivity contribution in [3.8, 4) is 11.3 Å². The van der Waals surface area contributed by atoms with E-state index >= 15 is 0 Å². The first-order valence-corrected chi connectivity index (χ1v) is 9.34. The highest BCUT2D eigenvalue weighted by atomic mass is 32.2. The fraction of sp³-hybridized carbons (Fsp3) is 0.211. The molecule has 0 unspecified atom stereocenters. The van der Waals surface area contributed by atoms with E-state index in [0.29, 0.717) is 29.0 Å². The first-order valence-electron chi connectivity index (χ1n) is 8.52. The summed E-state index contributed by atoms with van der Waals surface area (Å²) in [5.74, 6) is -0.781. The van der Waals surface area contributed by atoms with Crippen LogP contribution in [0.1, 0.15) is 37.0 Å². The molecule has 0 aliphatic carbocycles. The number of hydrogen-bond acceptors (Lipinski definition) is 5. The van der Waals surface area contributed by atoms with Gasteiger partial charge in [0.15, 0.2) is 5.17 Å². The normalized spacial score (nSPS) is 15.1. The minimum atomic E-state index is -0.431. The Morgan fingerprint density at radius 2 is 1.93 bits per heavy atom. The number of rotatable bonds is 4. The van der Waals surface area contributed by atoms with E-state index in [0.717, 1.165) is 17.3 Å². The largest absolute Gasteiger partial charge is 0.305 e. The number of aromatic nitrogens is 2. The second-order valence-electron chi connectivity index (χ2n) is 5.73. The molecule has 0 radical (unpaired) electrons. The lowest BCUT2D eigenvalue weighted by Crippen LogP contribution is -2.26. The van der Waals surface area contributed by atoms with Crippen LogP contribution in [0.2, 0.25) is 0 Å². The van der Waals surface area contributed by atoms with Crippen molar-refractivity contribution in [2.45, 2.75) is 26.7 Å². The molecule has 2 aromatic rings. The lowest BCUT2D eigenvalue weighted by molar-refractivity contribution is -0.119. The van der Waals surface area contributed by atoms with E-state index in [1.165, 1.54) is 4.68 Å². The van der Waals surface area contributed by atoms with E-state index in [1.54, 1.807) is 26.1 Å². The lowest BCUT2D eigenvalue weighted by atomic mass is 10.1. The molecule has 2 amide bonds. The topological polar surface area (TPSA) is 93.4 Å². The Hall–Kier alpha value is -3.00. The van der Waals surface area contributed by atoms with Gasteiger partial charge in [-0.25, -0.2) is 4.68 Å². The van der Waals surface area contributed by atoms with Crippen molar-refractivity contribution in [1.29, 1.82) is 0 Å². The van der Waals surface area contributed by atoms with Gasteiger partial charge in [0.25, 0.3) is 5.91 Å². The van der Waals surface area contributed by atoms with Gasteiger partial charge in [0, 0.05) is 30.2 Å². The molecular weight excluding hydrogens is 364 g/mol. The summed E-state index contributed by atoms with van der Waals surface area (Å²) >= 11 is 1.09. The van der Waals surface area contributed by atoms with Gasteiger partial charge in [-0.15, -0.1) is 0 Å². The van der Waals surface area contributed by atoms with E-state index < -0.39 is 5.91 Å². The second-order valence-corrected chi connectivity index (χ2v) is 6.76. The van der Waals surface area contributed by atoms with Gasteiger partial charge in [-0.05, 0) is 17.8 Å². The van der Waals surface area contributed by atoms with Gasteiger partial charge in [-0.2, -0.15) is 10.1 Å². The molecule has 1 aromatic heterocycles. The zero-order valence-corrected chi connectivity index (χ0v) is 15.7. The molecule has 1 aliphatic rings. The van der Waals surface area contributed by atoms with E-state index in [9.17, 15) is 14.4 Å². The number of carbonyl (C=O) groups is 3. The van der Waals surface area contributed by atoms with E-state index in [-0.39, 0.29) is 17.0 Å². The van der Waals surface area contributed by atoms with Crippen molar-refractivity contribution < 1.29 is 14.4 Å². The van der Waals surface area contributed by atoms with Gasteiger partial charge in [0.05, 0.1) is 4.91 Å². The maximum absolute atomic E-state index is 12.2. The van der Waals surface area contributed by atoms with Gasteiger partial charge in [0.2, 0.25) is 11.8 Å². The summed E-state index contributed by atoms with van der Waals surface area (Å²) in [4.78, 5) is 40.0. The number of nitrogens with zero attached hydrogens (tertiary/aromatic N) is 3. The quantitative estimate of drug-likeness (QED) is 0.820. The molecule has 27 heavy (non-hydrogen) atoms. The second kappa shape index (κ2) is 8.13. The maximum atomic E-state index is 12.2. The van der Waals surface area contributed by atoms with Gasteiger partial charge < -0.3 is 5.32 Å². The van der Waals surface area contributed by atoms with Crippen molar-refractivity contribution in [1.82, 2.24) is 15.1 Å². The summed E-state index contributed by atoms with van der Waals surface area (Å²) in [7, 11) is 0. The smallest absolute Gasteiger partial charge is 0.286 e. The van der Waals surface area contributed by atoms with Crippen molar-refractivity contribution >= 4 is 40.7 Å². The van der Waals surface area contributed by atoms with E-state index in [4.69, 9.17) is 0 Å². The first-order chi connectivity index (χ1) is 13.0. The summed E-state index contributed by atoms with van der Waals surface area (Å²) in [6.45, 7) is 3.48. The van der Waals surface area contributed by atoms with Crippen LogP contribution in [0.4, 0.5) is 0 Å². The van der Waals surface area contributed by atoms with Crippen LogP contribution < -0.4 is 5.32 Å². The van der Waals surface area contributed by atoms with Crippen LogP contribution in [0, 0.1) is 0 Å². The number of hydrogen-bond donors (Lipinski definition) is 1. The third-order valence-electron chi connectivity index (χ3n) is 3.82. The molecule has 0 saturated heterocycles. The molecule has 0 fully saturated rings. The fourth-order valence-electron chi connectivity index (χ4n) is 2.41. The molecule has 1 aliphatic heterocycles. The monoisotopic (exact) mass is 382 g/mol. The Bertz CT molecular complexity index is 961. The van der Waals surface area contributed by atoms with E-state index in [1.807, 2.05) is 30.3 Å². The molecule has 7 nitrogen and oxygen atoms in total. The lowest BCUT2D eigenvalue weighted by Gasteiger charge is -2.00. The summed E-state index contributed by atoms with van der Waals surface area (Å²) in [6, 6.07) is 9.42. The van der Waals surface area contributed by atoms with Gasteiger partial charge in [-0.3, -0.25) is 14.4 Å². The third-order valence-corrected chi connectivity index (χ3v) is 4.72. The minimum Gasteiger partial charge on any atom is -0.305 e. The van der Waals surface area contributed by atoms with Crippen LogP contribution in [0.15, 0.2) is 46.4 Å². The Morgan fingerprint density at radius 3 is 2.59 bits per heavy atom. The Kier molecular flexibility index (Phi) is 5.66. The van der Waals surface area contributed by atoms with Crippen molar-refractivity contribution in [2.24, 2.45) is 4.99 Å². The van der Waals surface area contributed by atoms with Crippen LogP contribution >= 0.6 is 11.8 Å². The number of thioether (sulfide) groups is 1. The zero-order chi connectivity index (χ0) is 19.4. The van der Waals surface area contributed by atoms with Gasteiger partial charge in [-0.1, -0.05) is 44.2 Å². The number of nitrogens with one attached hydrogen (secondary N) is 1. The standard InChI is InChI=1S/C19H18N4O3S/c1-3-15(24)20-19-21-18(26)14(27-19)10-13-11-23(16(25)4-2)22-17(13)12-8-6-5-7-9-12/h5-11H,3-4H2,1-2H3,(H,20,21,24,26). The number of aliphatic imine (C=N–C) groups is 1. The molecule has 1 aromatic carbocycles. The molecular formula is C19H18N4O3S. The predicted molar refractivity (Wildman–Crippen MR) is 105 cm³/mol. The highest BCUT2D eigenvalue weighted by Crippen LogP contribution is 2.31. The third kappa shape index (κ3) is 4.22. The number of carbonyl (C=O) groups excluding carboxylic acids is 3. The molecule has 0 bridgehead atoms. The van der Waals surface area contributed by atoms with E-state index in [2.05, 4.69) is 15.4 Å². The van der Waals surface area contributed by atoms with Crippen molar-refractivity contribution in [3.05, 3.63) is 47.0 Å². The highest BCUT2D eigenvalue weighted by Gasteiger charge is 2.24. The Balaban J connectivity index is 1.96. The summed E-state index contributed by atoms with van der Waals surface area (Å²) < 4.78 is 1.29. The van der Waals surface area contributed by atoms with Crippen LogP contribution in [-0.4, -0.2) is 32.7 Å². The molecule has 0 atom stereocenters. The molecule has 3 rings (SSSR count). The number of benzene rings is 1. The van der Waals surface area contributed by atoms with Crippen LogP contribution in [0.25, 0.3) is 17.3 Å². The molecule has 0 spiro atoms. The van der Waals surface area contributed by atoms with Gasteiger partial charge >= 0.3 is 0 Å². The predicted octanol–water partition coefficient (Wildman–Crippen LogP) is 3.10. The van der Waals surface area contributed by atoms with Crippen LogP contribution in [-0.2, 0) is 9.59 Å². The summed E-state index contributed by atoms with van der Waals surface area (Å²) in [5.41, 5.74) is 2.07. The molecule has 1 N–H and O–H groups in total. The van der Waals surface area contributed by atoms with Crippen molar-refractivity contribution in [2.75, 3.05) is 0 Å². The first kappa shape index (κ1) is 18.8. The molecule has 2 heterocycles. The maximum Gasteiger partial charge on any atom is 0.286 e. The number of amides is 2. The SMILES string of the molecule is CCC(=O)NC1=NC(=O)C(=Cc2cn(C(=O)CC)nc2-c2ccccc2)S1. The molecule has 0 saturated carbocycles. The minimum absolute atomic E-state index is 0.144. The van der Waals surface area contributed by atoms with Crippen molar-refractivity contribution in [3.63, 3.8) is 0 Å². The van der Waals surface area contributed by atoms with Crippen LogP contribution in [0.3, 0.4) is 0 Å². The zero-order valence-electron chi connectivity index (χ0n) is 14.9. The highest BCUT2D eigenvalue weighted by molar-refractivity contribution is 8.18. The Labute approximate surface area is 160 Å². The fourth-order valence-corrected chi connectivity index (χ4v) is 3.24. The average molecular weight is 382 g/mol. The number of amidine groups is 1. The summed E-state index contributed by atoms with van der Waals surface area (Å²) in [6.07, 6.45) is 3.88. The average Bonchev–Trinajstić information content (AvgIpc) is 3.25. The molecule has 8 heteroatoms. The summed E-state index contributed by atoms with van der Waals surface area (Å²) in [5, 5.41) is 7.25. The molecule has 138 valence electrons. The van der Waals surface area contributed by atoms with Gasteiger partial charge in [0.1, 0.15) is 5.69 Å². The Morgan fingerprint density at radius 1 is 1.19 bits per heavy atom. The van der Waals surface area contributed by atoms with Crippen LogP contribution in [0.5, 0.6) is 0 Å².